The van der Waals surface area contributed by atoms with E-state index in [9.17, 15) is 9.59 Å². The summed E-state index contributed by atoms with van der Waals surface area (Å²) in [6.45, 7) is 0.818. The van der Waals surface area contributed by atoms with Gasteiger partial charge in [0.05, 0.1) is 20.0 Å². The molecule has 3 aromatic rings. The van der Waals surface area contributed by atoms with Crippen LogP contribution in [0.15, 0.2) is 72.8 Å². The highest BCUT2D eigenvalue weighted by Crippen LogP contribution is 2.17. The quantitative estimate of drug-likeness (QED) is 0.598. The van der Waals surface area contributed by atoms with Crippen molar-refractivity contribution in [2.75, 3.05) is 13.7 Å². The summed E-state index contributed by atoms with van der Waals surface area (Å²) < 4.78 is 4.72. The van der Waals surface area contributed by atoms with Gasteiger partial charge < -0.3 is 9.64 Å². The van der Waals surface area contributed by atoms with Crippen molar-refractivity contribution in [1.29, 1.82) is 0 Å². The van der Waals surface area contributed by atoms with Crippen LogP contribution in [0.5, 0.6) is 0 Å². The number of ether oxygens (including phenoxy) is 1. The first kappa shape index (κ1) is 18.6. The van der Waals surface area contributed by atoms with Crippen molar-refractivity contribution in [1.82, 2.24) is 4.90 Å². The molecule has 0 aliphatic heterocycles. The Balaban J connectivity index is 1.74. The third kappa shape index (κ3) is 5.17. The van der Waals surface area contributed by atoms with Gasteiger partial charge in [-0.15, -0.1) is 0 Å². The second-order valence-electron chi connectivity index (χ2n) is 6.49. The van der Waals surface area contributed by atoms with Crippen LogP contribution in [0.3, 0.4) is 0 Å². The SMILES string of the molecule is COC(=O)CCN(Cc1ccccc1)C(=O)Cc1ccc2ccccc2c1. The maximum absolute atomic E-state index is 12.9. The molecule has 0 saturated carbocycles. The number of amides is 1. The van der Waals surface area contributed by atoms with E-state index in [1.54, 1.807) is 4.90 Å². The summed E-state index contributed by atoms with van der Waals surface area (Å²) in [5.41, 5.74) is 2.00. The van der Waals surface area contributed by atoms with Gasteiger partial charge in [-0.25, -0.2) is 0 Å². The van der Waals surface area contributed by atoms with Gasteiger partial charge in [-0.3, -0.25) is 9.59 Å². The van der Waals surface area contributed by atoms with Gasteiger partial charge in [0.1, 0.15) is 0 Å². The van der Waals surface area contributed by atoms with Crippen molar-refractivity contribution >= 4 is 22.6 Å². The summed E-state index contributed by atoms with van der Waals surface area (Å²) in [6.07, 6.45) is 0.492. The molecule has 0 atom stereocenters. The zero-order valence-electron chi connectivity index (χ0n) is 15.4. The van der Waals surface area contributed by atoms with E-state index in [0.717, 1.165) is 21.9 Å². The van der Waals surface area contributed by atoms with Crippen LogP contribution >= 0.6 is 0 Å². The predicted octanol–water partition coefficient (Wildman–Crippen LogP) is 3.97. The van der Waals surface area contributed by atoms with Gasteiger partial charge in [-0.1, -0.05) is 72.8 Å². The molecule has 0 heterocycles. The molecule has 0 aliphatic rings. The lowest BCUT2D eigenvalue weighted by atomic mass is 10.0. The van der Waals surface area contributed by atoms with Crippen molar-refractivity contribution < 1.29 is 14.3 Å². The zero-order chi connectivity index (χ0) is 19.1. The molecule has 1 amide bonds. The van der Waals surface area contributed by atoms with Crippen LogP contribution in [-0.2, 0) is 27.3 Å². The summed E-state index contributed by atoms with van der Waals surface area (Å²) in [6, 6.07) is 24.0. The first-order chi connectivity index (χ1) is 13.2. The fourth-order valence-electron chi connectivity index (χ4n) is 3.06. The Labute approximate surface area is 159 Å². The van der Waals surface area contributed by atoms with Crippen LogP contribution in [-0.4, -0.2) is 30.4 Å². The molecule has 0 aromatic heterocycles. The van der Waals surface area contributed by atoms with Gasteiger partial charge in [0.15, 0.2) is 0 Å². The number of rotatable bonds is 7. The van der Waals surface area contributed by atoms with Crippen molar-refractivity contribution in [3.63, 3.8) is 0 Å². The Bertz CT molecular complexity index is 921. The Morgan fingerprint density at radius 2 is 1.56 bits per heavy atom. The zero-order valence-corrected chi connectivity index (χ0v) is 15.4. The molecular formula is C23H23NO3. The number of fused-ring (bicyclic) bond motifs is 1. The lowest BCUT2D eigenvalue weighted by molar-refractivity contribution is -0.141. The summed E-state index contributed by atoms with van der Waals surface area (Å²) in [5.74, 6) is -0.315. The Kier molecular flexibility index (Phi) is 6.21. The molecule has 4 nitrogen and oxygen atoms in total. The highest BCUT2D eigenvalue weighted by atomic mass is 16.5. The van der Waals surface area contributed by atoms with Crippen molar-refractivity contribution in [2.45, 2.75) is 19.4 Å². The molecule has 0 radical (unpaired) electrons. The van der Waals surface area contributed by atoms with Gasteiger partial charge in [0.25, 0.3) is 0 Å². The third-order valence-corrected chi connectivity index (χ3v) is 4.55. The van der Waals surface area contributed by atoms with E-state index < -0.39 is 0 Å². The molecule has 0 bridgehead atoms. The van der Waals surface area contributed by atoms with E-state index in [4.69, 9.17) is 4.74 Å². The first-order valence-electron chi connectivity index (χ1n) is 9.02. The van der Waals surface area contributed by atoms with Gasteiger partial charge in [0.2, 0.25) is 5.91 Å². The van der Waals surface area contributed by atoms with Gasteiger partial charge in [0, 0.05) is 13.1 Å². The number of hydrogen-bond donors (Lipinski definition) is 0. The minimum Gasteiger partial charge on any atom is -0.469 e. The van der Waals surface area contributed by atoms with Crippen molar-refractivity contribution in [3.05, 3.63) is 83.9 Å². The number of methoxy groups -OCH3 is 1. The molecule has 0 saturated heterocycles. The molecule has 0 unspecified atom stereocenters. The molecule has 0 spiro atoms. The first-order valence-corrected chi connectivity index (χ1v) is 9.02. The second-order valence-corrected chi connectivity index (χ2v) is 6.49. The number of carbonyl (C=O) groups is 2. The summed E-state index contributed by atoms with van der Waals surface area (Å²) in [4.78, 5) is 26.2. The summed E-state index contributed by atoms with van der Waals surface area (Å²) >= 11 is 0. The molecule has 0 fully saturated rings. The number of carbonyl (C=O) groups excluding carboxylic acids is 2. The predicted molar refractivity (Wildman–Crippen MR) is 106 cm³/mol. The van der Waals surface area contributed by atoms with E-state index in [0.29, 0.717) is 19.5 Å². The smallest absolute Gasteiger partial charge is 0.307 e. The van der Waals surface area contributed by atoms with Crippen LogP contribution < -0.4 is 0 Å². The van der Waals surface area contributed by atoms with Gasteiger partial charge in [-0.05, 0) is 21.9 Å². The average molecular weight is 361 g/mol. The minimum atomic E-state index is -0.313. The monoisotopic (exact) mass is 361 g/mol. The average Bonchev–Trinajstić information content (AvgIpc) is 2.71. The molecule has 0 aliphatic carbocycles. The minimum absolute atomic E-state index is 0.00182. The number of esters is 1. The van der Waals surface area contributed by atoms with Crippen LogP contribution in [0, 0.1) is 0 Å². The summed E-state index contributed by atoms with van der Waals surface area (Å²) in [5, 5.41) is 2.27. The topological polar surface area (TPSA) is 46.6 Å². The number of hydrogen-bond acceptors (Lipinski definition) is 3. The maximum atomic E-state index is 12.9. The molecule has 0 N–H and O–H groups in total. The van der Waals surface area contributed by atoms with E-state index in [-0.39, 0.29) is 18.3 Å². The van der Waals surface area contributed by atoms with E-state index in [1.807, 2.05) is 66.7 Å². The standard InChI is InChI=1S/C23H23NO3/c1-27-23(26)13-14-24(17-18-7-3-2-4-8-18)22(25)16-19-11-12-20-9-5-6-10-21(20)15-19/h2-12,15H,13-14,16-17H2,1H3. The lowest BCUT2D eigenvalue weighted by Gasteiger charge is -2.22. The fraction of sp³-hybridized carbons (Fsp3) is 0.217. The van der Waals surface area contributed by atoms with Crippen molar-refractivity contribution in [2.24, 2.45) is 0 Å². The third-order valence-electron chi connectivity index (χ3n) is 4.55. The van der Waals surface area contributed by atoms with Crippen LogP contribution in [0.2, 0.25) is 0 Å². The molecule has 138 valence electrons. The molecule has 4 heteroatoms. The van der Waals surface area contributed by atoms with Crippen LogP contribution in [0.25, 0.3) is 10.8 Å². The van der Waals surface area contributed by atoms with E-state index in [2.05, 4.69) is 6.07 Å². The highest BCUT2D eigenvalue weighted by Gasteiger charge is 2.16. The number of nitrogens with zero attached hydrogens (tertiary/aromatic N) is 1. The summed E-state index contributed by atoms with van der Waals surface area (Å²) in [7, 11) is 1.36. The van der Waals surface area contributed by atoms with Crippen LogP contribution in [0.4, 0.5) is 0 Å². The normalized spacial score (nSPS) is 10.6. The fourth-order valence-corrected chi connectivity index (χ4v) is 3.06. The molecule has 3 aromatic carbocycles. The van der Waals surface area contributed by atoms with Crippen LogP contribution in [0.1, 0.15) is 17.5 Å². The van der Waals surface area contributed by atoms with E-state index in [1.165, 1.54) is 7.11 Å². The highest BCUT2D eigenvalue weighted by molar-refractivity contribution is 5.85. The van der Waals surface area contributed by atoms with Gasteiger partial charge >= 0.3 is 5.97 Å². The van der Waals surface area contributed by atoms with Gasteiger partial charge in [-0.2, -0.15) is 0 Å². The lowest BCUT2D eigenvalue weighted by Crippen LogP contribution is -2.34. The Morgan fingerprint density at radius 3 is 2.30 bits per heavy atom. The maximum Gasteiger partial charge on any atom is 0.307 e. The second kappa shape index (κ2) is 8.99. The van der Waals surface area contributed by atoms with Crippen molar-refractivity contribution in [3.8, 4) is 0 Å². The molecular weight excluding hydrogens is 338 g/mol. The number of benzene rings is 3. The molecule has 3 rings (SSSR count). The Morgan fingerprint density at radius 1 is 0.852 bits per heavy atom. The molecule has 27 heavy (non-hydrogen) atoms. The largest absolute Gasteiger partial charge is 0.469 e. The Hall–Kier alpha value is -3.14. The van der Waals surface area contributed by atoms with E-state index >= 15 is 0 Å².